The van der Waals surface area contributed by atoms with Crippen molar-refractivity contribution in [2.24, 2.45) is 0 Å². The van der Waals surface area contributed by atoms with Gasteiger partial charge in [-0.15, -0.1) is 0 Å². The van der Waals surface area contributed by atoms with Crippen LogP contribution in [0.4, 0.5) is 5.69 Å². The molecule has 0 saturated heterocycles. The molecule has 0 aliphatic carbocycles. The van der Waals surface area contributed by atoms with Gasteiger partial charge in [0.25, 0.3) is 0 Å². The molecular formula is C13H22N2O. The Morgan fingerprint density at radius 2 is 1.81 bits per heavy atom. The van der Waals surface area contributed by atoms with E-state index in [4.69, 9.17) is 0 Å². The van der Waals surface area contributed by atoms with Crippen LogP contribution in [-0.2, 0) is 0 Å². The van der Waals surface area contributed by atoms with Crippen LogP contribution >= 0.6 is 0 Å². The third kappa shape index (κ3) is 3.74. The SMILES string of the molecule is CCN(CC)CCN(C)c1cccc(O)c1. The summed E-state index contributed by atoms with van der Waals surface area (Å²) in [6.45, 7) is 8.56. The Morgan fingerprint density at radius 3 is 2.38 bits per heavy atom. The molecule has 0 spiro atoms. The number of rotatable bonds is 6. The topological polar surface area (TPSA) is 26.7 Å². The van der Waals surface area contributed by atoms with Gasteiger partial charge >= 0.3 is 0 Å². The highest BCUT2D eigenvalue weighted by molar-refractivity contribution is 5.49. The van der Waals surface area contributed by atoms with Crippen molar-refractivity contribution in [1.29, 1.82) is 0 Å². The van der Waals surface area contributed by atoms with E-state index in [0.717, 1.165) is 31.9 Å². The molecule has 1 rings (SSSR count). The molecule has 1 aromatic rings. The first-order valence-corrected chi connectivity index (χ1v) is 5.89. The van der Waals surface area contributed by atoms with Crippen molar-refractivity contribution in [2.75, 3.05) is 38.1 Å². The van der Waals surface area contributed by atoms with Gasteiger partial charge in [-0.1, -0.05) is 19.9 Å². The van der Waals surface area contributed by atoms with Crippen LogP contribution in [-0.4, -0.2) is 43.2 Å². The molecule has 1 aromatic carbocycles. The second kappa shape index (κ2) is 6.38. The Morgan fingerprint density at radius 1 is 1.12 bits per heavy atom. The molecule has 0 radical (unpaired) electrons. The van der Waals surface area contributed by atoms with Gasteiger partial charge in [0.05, 0.1) is 0 Å². The molecule has 90 valence electrons. The number of likely N-dealkylation sites (N-methyl/N-ethyl adjacent to an activating group) is 2. The molecule has 3 nitrogen and oxygen atoms in total. The van der Waals surface area contributed by atoms with E-state index in [1.165, 1.54) is 0 Å². The molecule has 0 saturated carbocycles. The van der Waals surface area contributed by atoms with Crippen molar-refractivity contribution in [3.8, 4) is 5.75 Å². The lowest BCUT2D eigenvalue weighted by atomic mass is 10.3. The summed E-state index contributed by atoms with van der Waals surface area (Å²) in [5, 5.41) is 9.39. The zero-order chi connectivity index (χ0) is 12.0. The molecule has 0 heterocycles. The monoisotopic (exact) mass is 222 g/mol. The van der Waals surface area contributed by atoms with Gasteiger partial charge in [0.1, 0.15) is 5.75 Å². The quantitative estimate of drug-likeness (QED) is 0.799. The summed E-state index contributed by atoms with van der Waals surface area (Å²) >= 11 is 0. The number of nitrogens with zero attached hydrogens (tertiary/aromatic N) is 2. The standard InChI is InChI=1S/C13H22N2O/c1-4-15(5-2)10-9-14(3)12-7-6-8-13(16)11-12/h6-8,11,16H,4-5,9-10H2,1-3H3. The normalized spacial score (nSPS) is 10.8. The first-order valence-electron chi connectivity index (χ1n) is 5.89. The fourth-order valence-electron chi connectivity index (χ4n) is 1.69. The van der Waals surface area contributed by atoms with E-state index in [0.29, 0.717) is 5.75 Å². The van der Waals surface area contributed by atoms with Crippen LogP contribution in [0, 0.1) is 0 Å². The van der Waals surface area contributed by atoms with Crippen molar-refractivity contribution in [3.63, 3.8) is 0 Å². The summed E-state index contributed by atoms with van der Waals surface area (Å²) in [6.07, 6.45) is 0. The highest BCUT2D eigenvalue weighted by atomic mass is 16.3. The van der Waals surface area contributed by atoms with E-state index in [9.17, 15) is 5.11 Å². The van der Waals surface area contributed by atoms with Crippen molar-refractivity contribution >= 4 is 5.69 Å². The molecule has 0 atom stereocenters. The van der Waals surface area contributed by atoms with Gasteiger partial charge in [0, 0.05) is 31.9 Å². The number of hydrogen-bond acceptors (Lipinski definition) is 3. The maximum absolute atomic E-state index is 9.39. The summed E-state index contributed by atoms with van der Waals surface area (Å²) in [6, 6.07) is 7.38. The second-order valence-electron chi connectivity index (χ2n) is 3.97. The predicted molar refractivity (Wildman–Crippen MR) is 69.2 cm³/mol. The predicted octanol–water partition coefficient (Wildman–Crippen LogP) is 2.17. The molecule has 1 N–H and O–H groups in total. The Labute approximate surface area is 98.3 Å². The number of anilines is 1. The molecule has 0 unspecified atom stereocenters. The van der Waals surface area contributed by atoms with Crippen LogP contribution < -0.4 is 4.90 Å². The maximum atomic E-state index is 9.39. The molecule has 0 aliphatic rings. The first-order chi connectivity index (χ1) is 7.67. The fourth-order valence-corrected chi connectivity index (χ4v) is 1.69. The molecule has 0 aromatic heterocycles. The Kier molecular flexibility index (Phi) is 5.12. The lowest BCUT2D eigenvalue weighted by Crippen LogP contribution is -2.33. The largest absolute Gasteiger partial charge is 0.508 e. The fraction of sp³-hybridized carbons (Fsp3) is 0.538. The van der Waals surface area contributed by atoms with Crippen molar-refractivity contribution in [3.05, 3.63) is 24.3 Å². The van der Waals surface area contributed by atoms with Gasteiger partial charge < -0.3 is 14.9 Å². The van der Waals surface area contributed by atoms with Crippen LogP contribution in [0.2, 0.25) is 0 Å². The number of phenolic OH excluding ortho intramolecular Hbond substituents is 1. The molecule has 16 heavy (non-hydrogen) atoms. The number of aromatic hydroxyl groups is 1. The molecule has 0 bridgehead atoms. The molecule has 0 amide bonds. The van der Waals surface area contributed by atoms with Gasteiger partial charge in [0.2, 0.25) is 0 Å². The minimum atomic E-state index is 0.326. The molecule has 0 aliphatic heterocycles. The van der Waals surface area contributed by atoms with Crippen LogP contribution in [0.5, 0.6) is 5.75 Å². The van der Waals surface area contributed by atoms with E-state index in [1.807, 2.05) is 12.1 Å². The third-order valence-corrected chi connectivity index (χ3v) is 2.92. The lowest BCUT2D eigenvalue weighted by molar-refractivity contribution is 0.311. The average molecular weight is 222 g/mol. The van der Waals surface area contributed by atoms with E-state index < -0.39 is 0 Å². The van der Waals surface area contributed by atoms with Gasteiger partial charge in [-0.3, -0.25) is 0 Å². The zero-order valence-corrected chi connectivity index (χ0v) is 10.5. The third-order valence-electron chi connectivity index (χ3n) is 2.92. The van der Waals surface area contributed by atoms with E-state index in [2.05, 4.69) is 30.7 Å². The van der Waals surface area contributed by atoms with Crippen molar-refractivity contribution < 1.29 is 5.11 Å². The van der Waals surface area contributed by atoms with Crippen molar-refractivity contribution in [2.45, 2.75) is 13.8 Å². The molecule has 0 fully saturated rings. The highest BCUT2D eigenvalue weighted by Gasteiger charge is 2.04. The summed E-state index contributed by atoms with van der Waals surface area (Å²) in [5.41, 5.74) is 1.06. The summed E-state index contributed by atoms with van der Waals surface area (Å²) in [5.74, 6) is 0.326. The minimum Gasteiger partial charge on any atom is -0.508 e. The van der Waals surface area contributed by atoms with Gasteiger partial charge in [-0.2, -0.15) is 0 Å². The Balaban J connectivity index is 2.49. The minimum absolute atomic E-state index is 0.326. The van der Waals surface area contributed by atoms with Crippen LogP contribution in [0.1, 0.15) is 13.8 Å². The first kappa shape index (κ1) is 12.8. The van der Waals surface area contributed by atoms with Gasteiger partial charge in [0.15, 0.2) is 0 Å². The van der Waals surface area contributed by atoms with Crippen LogP contribution in [0.15, 0.2) is 24.3 Å². The Hall–Kier alpha value is -1.22. The summed E-state index contributed by atoms with van der Waals surface area (Å²) in [4.78, 5) is 4.55. The van der Waals surface area contributed by atoms with Crippen molar-refractivity contribution in [1.82, 2.24) is 4.90 Å². The second-order valence-corrected chi connectivity index (χ2v) is 3.97. The summed E-state index contributed by atoms with van der Waals surface area (Å²) in [7, 11) is 2.05. The Bertz CT molecular complexity index is 311. The lowest BCUT2D eigenvalue weighted by Gasteiger charge is -2.24. The number of phenols is 1. The molecular weight excluding hydrogens is 200 g/mol. The van der Waals surface area contributed by atoms with E-state index >= 15 is 0 Å². The number of hydrogen-bond donors (Lipinski definition) is 1. The number of benzene rings is 1. The zero-order valence-electron chi connectivity index (χ0n) is 10.5. The van der Waals surface area contributed by atoms with Crippen LogP contribution in [0.3, 0.4) is 0 Å². The van der Waals surface area contributed by atoms with Crippen LogP contribution in [0.25, 0.3) is 0 Å². The van der Waals surface area contributed by atoms with Gasteiger partial charge in [-0.05, 0) is 25.2 Å². The highest BCUT2D eigenvalue weighted by Crippen LogP contribution is 2.18. The summed E-state index contributed by atoms with van der Waals surface area (Å²) < 4.78 is 0. The average Bonchev–Trinajstić information content (AvgIpc) is 2.30. The smallest absolute Gasteiger partial charge is 0.117 e. The maximum Gasteiger partial charge on any atom is 0.117 e. The van der Waals surface area contributed by atoms with E-state index in [-0.39, 0.29) is 0 Å². The van der Waals surface area contributed by atoms with E-state index in [1.54, 1.807) is 12.1 Å². The van der Waals surface area contributed by atoms with Gasteiger partial charge in [-0.25, -0.2) is 0 Å². The molecule has 3 heteroatoms.